The number of esters is 1. The Morgan fingerprint density at radius 3 is 2.43 bits per heavy atom. The Labute approximate surface area is 249 Å². The monoisotopic (exact) mass is 591 g/mol. The number of hydrogen-bond donors (Lipinski definition) is 1. The standard InChI is InChI=1S/C31H33N3O7S/c1-5-40-24-9-7-8-23(17-24)32-29(36)27-18-28(35)34(19-20-10-15-25(38-3)26(16-20)39-4)31(42-27)33-22-13-11-21(12-14-22)30(37)41-6-2/h7-17,27H,5-6,18-19H2,1-4H3,(H,32,36). The van der Waals surface area contributed by atoms with E-state index in [1.54, 1.807) is 80.6 Å². The Hall–Kier alpha value is -4.51. The molecule has 42 heavy (non-hydrogen) atoms. The van der Waals surface area contributed by atoms with Gasteiger partial charge in [-0.2, -0.15) is 0 Å². The summed E-state index contributed by atoms with van der Waals surface area (Å²) < 4.78 is 21.4. The first kappa shape index (κ1) is 30.4. The molecule has 0 bridgehead atoms. The Morgan fingerprint density at radius 1 is 0.976 bits per heavy atom. The van der Waals surface area contributed by atoms with E-state index in [1.165, 1.54) is 11.8 Å². The maximum atomic E-state index is 13.5. The largest absolute Gasteiger partial charge is 0.494 e. The molecular formula is C31H33N3O7S. The molecule has 4 rings (SSSR count). The number of anilines is 1. The molecule has 1 aliphatic heterocycles. The molecule has 0 radical (unpaired) electrons. The van der Waals surface area contributed by atoms with Crippen molar-refractivity contribution in [1.29, 1.82) is 0 Å². The van der Waals surface area contributed by atoms with Gasteiger partial charge in [0.1, 0.15) is 11.0 Å². The quantitative estimate of drug-likeness (QED) is 0.293. The second-order valence-corrected chi connectivity index (χ2v) is 10.3. The van der Waals surface area contributed by atoms with Crippen LogP contribution in [-0.2, 0) is 20.9 Å². The van der Waals surface area contributed by atoms with E-state index in [2.05, 4.69) is 5.32 Å². The van der Waals surface area contributed by atoms with Crippen LogP contribution in [0.5, 0.6) is 17.2 Å². The maximum absolute atomic E-state index is 13.5. The Bertz CT molecular complexity index is 1460. The van der Waals surface area contributed by atoms with Crippen molar-refractivity contribution < 1.29 is 33.3 Å². The highest BCUT2D eigenvalue weighted by Crippen LogP contribution is 2.33. The van der Waals surface area contributed by atoms with Gasteiger partial charge in [0.05, 0.1) is 45.2 Å². The summed E-state index contributed by atoms with van der Waals surface area (Å²) in [7, 11) is 3.10. The lowest BCUT2D eigenvalue weighted by Crippen LogP contribution is -2.44. The second kappa shape index (κ2) is 14.4. The summed E-state index contributed by atoms with van der Waals surface area (Å²) in [5, 5.41) is 2.53. The molecule has 10 nitrogen and oxygen atoms in total. The molecule has 2 amide bonds. The first-order valence-corrected chi connectivity index (χ1v) is 14.3. The summed E-state index contributed by atoms with van der Waals surface area (Å²) >= 11 is 1.20. The van der Waals surface area contributed by atoms with Crippen LogP contribution in [0.3, 0.4) is 0 Å². The van der Waals surface area contributed by atoms with Crippen molar-refractivity contribution in [3.8, 4) is 17.2 Å². The zero-order valence-corrected chi connectivity index (χ0v) is 24.7. The number of rotatable bonds is 11. The van der Waals surface area contributed by atoms with E-state index >= 15 is 0 Å². The predicted molar refractivity (Wildman–Crippen MR) is 162 cm³/mol. The lowest BCUT2D eigenvalue weighted by atomic mass is 10.1. The Morgan fingerprint density at radius 2 is 1.74 bits per heavy atom. The summed E-state index contributed by atoms with van der Waals surface area (Å²) in [4.78, 5) is 45.2. The van der Waals surface area contributed by atoms with Crippen LogP contribution in [0.25, 0.3) is 0 Å². The van der Waals surface area contributed by atoms with Crippen molar-refractivity contribution in [3.63, 3.8) is 0 Å². The van der Waals surface area contributed by atoms with E-state index in [0.29, 0.717) is 46.0 Å². The average Bonchev–Trinajstić information content (AvgIpc) is 2.99. The number of hydrogen-bond acceptors (Lipinski definition) is 9. The van der Waals surface area contributed by atoms with Gasteiger partial charge in [0, 0.05) is 18.2 Å². The SMILES string of the molecule is CCOC(=O)c1ccc(N=C2SC(C(=O)Nc3cccc(OCC)c3)CC(=O)N2Cc2ccc(OC)c(OC)c2)cc1. The summed E-state index contributed by atoms with van der Waals surface area (Å²) in [6.07, 6.45) is -0.0181. The topological polar surface area (TPSA) is 116 Å². The van der Waals surface area contributed by atoms with E-state index in [4.69, 9.17) is 23.9 Å². The lowest BCUT2D eigenvalue weighted by molar-refractivity contribution is -0.129. The second-order valence-electron chi connectivity index (χ2n) is 9.09. The fourth-order valence-corrected chi connectivity index (χ4v) is 5.31. The van der Waals surface area contributed by atoms with Crippen LogP contribution in [0.4, 0.5) is 11.4 Å². The third-order valence-electron chi connectivity index (χ3n) is 6.24. The van der Waals surface area contributed by atoms with E-state index in [9.17, 15) is 14.4 Å². The minimum atomic E-state index is -0.715. The van der Waals surface area contributed by atoms with Crippen LogP contribution in [0, 0.1) is 0 Å². The van der Waals surface area contributed by atoms with Crippen LogP contribution >= 0.6 is 11.8 Å². The van der Waals surface area contributed by atoms with Crippen molar-refractivity contribution in [2.75, 3.05) is 32.8 Å². The molecule has 220 valence electrons. The zero-order valence-electron chi connectivity index (χ0n) is 23.9. The Balaban J connectivity index is 1.61. The molecule has 0 spiro atoms. The van der Waals surface area contributed by atoms with Crippen LogP contribution in [0.15, 0.2) is 71.7 Å². The van der Waals surface area contributed by atoms with Crippen molar-refractivity contribution >= 4 is 46.1 Å². The molecule has 1 fully saturated rings. The summed E-state index contributed by atoms with van der Waals surface area (Å²) in [6.45, 7) is 4.60. The number of carbonyl (C=O) groups is 3. The van der Waals surface area contributed by atoms with Crippen LogP contribution in [0.2, 0.25) is 0 Å². The van der Waals surface area contributed by atoms with Crippen molar-refractivity contribution in [3.05, 3.63) is 77.9 Å². The number of methoxy groups -OCH3 is 2. The molecule has 1 heterocycles. The Kier molecular flexibility index (Phi) is 10.4. The number of carbonyl (C=O) groups excluding carboxylic acids is 3. The number of aliphatic imine (C=N–C) groups is 1. The molecular weight excluding hydrogens is 558 g/mol. The summed E-state index contributed by atoms with van der Waals surface area (Å²) in [5.74, 6) is 0.733. The van der Waals surface area contributed by atoms with E-state index in [0.717, 1.165) is 5.56 Å². The number of amides is 2. The lowest BCUT2D eigenvalue weighted by Gasteiger charge is -2.32. The van der Waals surface area contributed by atoms with Gasteiger partial charge in [-0.3, -0.25) is 14.5 Å². The van der Waals surface area contributed by atoms with Crippen LogP contribution < -0.4 is 19.5 Å². The van der Waals surface area contributed by atoms with Gasteiger partial charge in [-0.25, -0.2) is 9.79 Å². The molecule has 1 saturated heterocycles. The molecule has 0 aromatic heterocycles. The van der Waals surface area contributed by atoms with E-state index in [-0.39, 0.29) is 31.4 Å². The number of nitrogens with one attached hydrogen (secondary N) is 1. The molecule has 0 aliphatic carbocycles. The van der Waals surface area contributed by atoms with Gasteiger partial charge < -0.3 is 24.3 Å². The van der Waals surface area contributed by atoms with E-state index in [1.807, 2.05) is 19.1 Å². The van der Waals surface area contributed by atoms with Crippen molar-refractivity contribution in [1.82, 2.24) is 4.90 Å². The minimum Gasteiger partial charge on any atom is -0.494 e. The van der Waals surface area contributed by atoms with Crippen LogP contribution in [-0.4, -0.2) is 60.5 Å². The van der Waals surface area contributed by atoms with Crippen LogP contribution in [0.1, 0.15) is 36.2 Å². The van der Waals surface area contributed by atoms with Gasteiger partial charge in [-0.1, -0.05) is 23.9 Å². The number of ether oxygens (including phenoxy) is 4. The molecule has 0 saturated carbocycles. The predicted octanol–water partition coefficient (Wildman–Crippen LogP) is 5.44. The molecule has 1 atom stereocenters. The van der Waals surface area contributed by atoms with Gasteiger partial charge >= 0.3 is 5.97 Å². The fraction of sp³-hybridized carbons (Fsp3) is 0.290. The van der Waals surface area contributed by atoms with E-state index < -0.39 is 11.2 Å². The molecule has 1 unspecified atom stereocenters. The van der Waals surface area contributed by atoms with Gasteiger partial charge in [-0.15, -0.1) is 0 Å². The first-order valence-electron chi connectivity index (χ1n) is 13.4. The fourth-order valence-electron chi connectivity index (χ4n) is 4.21. The van der Waals surface area contributed by atoms with Gasteiger partial charge in [0.2, 0.25) is 11.8 Å². The van der Waals surface area contributed by atoms with Gasteiger partial charge in [0.25, 0.3) is 0 Å². The smallest absolute Gasteiger partial charge is 0.338 e. The highest BCUT2D eigenvalue weighted by Gasteiger charge is 2.36. The third kappa shape index (κ3) is 7.61. The number of amidine groups is 1. The normalized spacial score (nSPS) is 15.7. The molecule has 3 aromatic carbocycles. The summed E-state index contributed by atoms with van der Waals surface area (Å²) in [5.41, 5.74) is 2.27. The van der Waals surface area contributed by atoms with Crippen molar-refractivity contribution in [2.45, 2.75) is 32.1 Å². The molecule has 3 aromatic rings. The highest BCUT2D eigenvalue weighted by molar-refractivity contribution is 8.15. The first-order chi connectivity index (χ1) is 20.3. The summed E-state index contributed by atoms with van der Waals surface area (Å²) in [6, 6.07) is 19.1. The zero-order chi connectivity index (χ0) is 30.1. The average molecular weight is 592 g/mol. The van der Waals surface area contributed by atoms with Gasteiger partial charge in [0.15, 0.2) is 16.7 Å². The number of thioether (sulfide) groups is 1. The maximum Gasteiger partial charge on any atom is 0.338 e. The molecule has 11 heteroatoms. The number of nitrogens with zero attached hydrogens (tertiary/aromatic N) is 2. The van der Waals surface area contributed by atoms with Gasteiger partial charge in [-0.05, 0) is 67.9 Å². The number of benzene rings is 3. The molecule has 1 N–H and O–H groups in total. The minimum absolute atomic E-state index is 0.0181. The van der Waals surface area contributed by atoms with Crippen molar-refractivity contribution in [2.24, 2.45) is 4.99 Å². The molecule has 1 aliphatic rings. The highest BCUT2D eigenvalue weighted by atomic mass is 32.2. The third-order valence-corrected chi connectivity index (χ3v) is 7.42.